The molecule has 4 fully saturated rings. The SMILES string of the molecule is CS(=O)(=O)N1CCC(Nc2ncc3cc(C(F)F)cc(N4CC5(C4)CN(C4CC4)C5)c3n2)CC1. The topological polar surface area (TPSA) is 81.7 Å². The lowest BCUT2D eigenvalue weighted by Crippen LogP contribution is -2.72. The van der Waals surface area contributed by atoms with Crippen LogP contribution in [-0.2, 0) is 10.0 Å². The van der Waals surface area contributed by atoms with Gasteiger partial charge in [0.25, 0.3) is 6.43 Å². The number of rotatable bonds is 6. The van der Waals surface area contributed by atoms with Crippen molar-refractivity contribution in [3.63, 3.8) is 0 Å². The molecule has 1 aromatic heterocycles. The summed E-state index contributed by atoms with van der Waals surface area (Å²) in [6.45, 7) is 4.87. The van der Waals surface area contributed by atoms with Crippen LogP contribution in [0.1, 0.15) is 37.7 Å². The van der Waals surface area contributed by atoms with Gasteiger partial charge in [0.2, 0.25) is 16.0 Å². The van der Waals surface area contributed by atoms with Crippen LogP contribution in [-0.4, -0.2) is 85.2 Å². The van der Waals surface area contributed by atoms with Gasteiger partial charge in [-0.2, -0.15) is 0 Å². The number of halogens is 2. The molecule has 4 heterocycles. The Hall–Kier alpha value is -2.11. The fourth-order valence-electron chi connectivity index (χ4n) is 5.75. The van der Waals surface area contributed by atoms with Crippen molar-refractivity contribution >= 4 is 32.6 Å². The molecule has 1 saturated carbocycles. The van der Waals surface area contributed by atoms with Crippen LogP contribution >= 0.6 is 0 Å². The van der Waals surface area contributed by atoms with E-state index in [0.717, 1.165) is 37.9 Å². The van der Waals surface area contributed by atoms with Gasteiger partial charge >= 0.3 is 0 Å². The molecule has 2 aromatic rings. The molecular weight excluding hydrogens is 462 g/mol. The number of benzene rings is 1. The van der Waals surface area contributed by atoms with Crippen molar-refractivity contribution in [3.05, 3.63) is 23.9 Å². The highest BCUT2D eigenvalue weighted by molar-refractivity contribution is 7.88. The molecule has 1 N–H and O–H groups in total. The van der Waals surface area contributed by atoms with Crippen LogP contribution in [0.2, 0.25) is 0 Å². The second-order valence-electron chi connectivity index (χ2n) is 10.5. The minimum absolute atomic E-state index is 0.00544. The molecule has 11 heteroatoms. The van der Waals surface area contributed by atoms with Crippen LogP contribution < -0.4 is 10.2 Å². The van der Waals surface area contributed by atoms with Gasteiger partial charge in [-0.3, -0.25) is 4.90 Å². The first-order valence-corrected chi connectivity index (χ1v) is 13.8. The predicted molar refractivity (Wildman–Crippen MR) is 127 cm³/mol. The maximum absolute atomic E-state index is 13.6. The molecule has 1 aromatic carbocycles. The molecular formula is C23H30F2N6O2S. The van der Waals surface area contributed by atoms with E-state index in [1.54, 1.807) is 12.3 Å². The normalized spacial score (nSPS) is 23.9. The van der Waals surface area contributed by atoms with Crippen molar-refractivity contribution in [2.24, 2.45) is 5.41 Å². The van der Waals surface area contributed by atoms with E-state index in [9.17, 15) is 17.2 Å². The predicted octanol–water partition coefficient (Wildman–Crippen LogP) is 2.69. The minimum Gasteiger partial charge on any atom is -0.368 e. The third kappa shape index (κ3) is 4.11. The molecule has 0 atom stereocenters. The molecule has 3 aliphatic heterocycles. The Kier molecular flexibility index (Phi) is 5.23. The van der Waals surface area contributed by atoms with E-state index in [2.05, 4.69) is 20.1 Å². The number of nitrogens with one attached hydrogen (secondary N) is 1. The average molecular weight is 493 g/mol. The summed E-state index contributed by atoms with van der Waals surface area (Å²) in [5.74, 6) is 0.454. The summed E-state index contributed by atoms with van der Waals surface area (Å²) in [7, 11) is -3.18. The second-order valence-corrected chi connectivity index (χ2v) is 12.5. The van der Waals surface area contributed by atoms with E-state index in [-0.39, 0.29) is 17.0 Å². The zero-order valence-corrected chi connectivity index (χ0v) is 20.1. The van der Waals surface area contributed by atoms with Crippen LogP contribution in [0, 0.1) is 5.41 Å². The number of aromatic nitrogens is 2. The fraction of sp³-hybridized carbons (Fsp3) is 0.652. The molecule has 1 aliphatic carbocycles. The maximum Gasteiger partial charge on any atom is 0.263 e. The zero-order chi connectivity index (χ0) is 23.7. The summed E-state index contributed by atoms with van der Waals surface area (Å²) in [4.78, 5) is 13.8. The van der Waals surface area contributed by atoms with E-state index in [4.69, 9.17) is 4.98 Å². The first-order valence-electron chi connectivity index (χ1n) is 12.0. The van der Waals surface area contributed by atoms with E-state index in [1.807, 2.05) is 0 Å². The molecule has 0 radical (unpaired) electrons. The Balaban J connectivity index is 1.21. The highest BCUT2D eigenvalue weighted by Crippen LogP contribution is 2.47. The smallest absolute Gasteiger partial charge is 0.263 e. The lowest BCUT2D eigenvalue weighted by molar-refractivity contribution is -0.0273. The van der Waals surface area contributed by atoms with Gasteiger partial charge in [-0.1, -0.05) is 0 Å². The second kappa shape index (κ2) is 7.96. The van der Waals surface area contributed by atoms with E-state index >= 15 is 0 Å². The van der Waals surface area contributed by atoms with Gasteiger partial charge in [-0.05, 0) is 37.8 Å². The first-order chi connectivity index (χ1) is 16.2. The number of piperidine rings is 1. The van der Waals surface area contributed by atoms with E-state index in [1.165, 1.54) is 29.5 Å². The Morgan fingerprint density at radius 1 is 1.09 bits per heavy atom. The summed E-state index contributed by atoms with van der Waals surface area (Å²) in [5, 5.41) is 3.94. The number of nitrogens with zero attached hydrogens (tertiary/aromatic N) is 5. The number of alkyl halides is 2. The summed E-state index contributed by atoms with van der Waals surface area (Å²) in [6, 6.07) is 3.90. The quantitative estimate of drug-likeness (QED) is 0.664. The van der Waals surface area contributed by atoms with Gasteiger partial charge in [0.1, 0.15) is 0 Å². The maximum atomic E-state index is 13.6. The molecule has 0 unspecified atom stereocenters. The molecule has 8 nitrogen and oxygen atoms in total. The number of hydrogen-bond donors (Lipinski definition) is 1. The molecule has 0 amide bonds. The van der Waals surface area contributed by atoms with Crippen molar-refractivity contribution < 1.29 is 17.2 Å². The van der Waals surface area contributed by atoms with Crippen LogP contribution in [0.4, 0.5) is 20.4 Å². The zero-order valence-electron chi connectivity index (χ0n) is 19.3. The molecule has 6 rings (SSSR count). The standard InChI is InChI=1S/C23H30F2N6O2S/c1-34(32,33)31-6-4-17(5-7-31)27-22-26-10-16-8-15(21(24)25)9-19(20(16)28-22)30-13-23(14-30)11-29(12-23)18-2-3-18/h8-10,17-18,21H,2-7,11-14H2,1H3,(H,26,27,28). The highest BCUT2D eigenvalue weighted by atomic mass is 32.2. The van der Waals surface area contributed by atoms with Crippen LogP contribution in [0.25, 0.3) is 10.9 Å². The van der Waals surface area contributed by atoms with Gasteiger partial charge in [0.05, 0.1) is 17.5 Å². The highest BCUT2D eigenvalue weighted by Gasteiger charge is 2.54. The van der Waals surface area contributed by atoms with Crippen LogP contribution in [0.5, 0.6) is 0 Å². The lowest BCUT2D eigenvalue weighted by Gasteiger charge is -2.61. The first kappa shape index (κ1) is 22.4. The van der Waals surface area contributed by atoms with Gasteiger partial charge in [0, 0.05) is 73.9 Å². The molecule has 184 valence electrons. The minimum atomic E-state index is -3.18. The van der Waals surface area contributed by atoms with Gasteiger partial charge in [0.15, 0.2) is 0 Å². The van der Waals surface area contributed by atoms with Gasteiger partial charge < -0.3 is 10.2 Å². The van der Waals surface area contributed by atoms with E-state index in [0.29, 0.717) is 42.8 Å². The number of likely N-dealkylation sites (tertiary alicyclic amines) is 1. The van der Waals surface area contributed by atoms with Crippen molar-refractivity contribution in [3.8, 4) is 0 Å². The summed E-state index contributed by atoms with van der Waals surface area (Å²) < 4.78 is 52.2. The fourth-order valence-corrected chi connectivity index (χ4v) is 6.62. The Labute approximate surface area is 198 Å². The molecule has 4 aliphatic rings. The third-order valence-corrected chi connectivity index (χ3v) is 9.03. The Morgan fingerprint density at radius 2 is 1.79 bits per heavy atom. The Bertz CT molecular complexity index is 1200. The molecule has 0 bridgehead atoms. The summed E-state index contributed by atoms with van der Waals surface area (Å²) >= 11 is 0. The van der Waals surface area contributed by atoms with Crippen molar-refractivity contribution in [1.29, 1.82) is 0 Å². The van der Waals surface area contributed by atoms with Crippen molar-refractivity contribution in [1.82, 2.24) is 19.2 Å². The number of fused-ring (bicyclic) bond motifs is 1. The largest absolute Gasteiger partial charge is 0.368 e. The lowest BCUT2D eigenvalue weighted by atomic mass is 9.72. The number of hydrogen-bond acceptors (Lipinski definition) is 7. The van der Waals surface area contributed by atoms with Crippen molar-refractivity contribution in [2.75, 3.05) is 55.7 Å². The van der Waals surface area contributed by atoms with Crippen LogP contribution in [0.15, 0.2) is 18.3 Å². The van der Waals surface area contributed by atoms with Gasteiger partial charge in [-0.25, -0.2) is 31.5 Å². The average Bonchev–Trinajstić information content (AvgIpc) is 3.56. The number of anilines is 2. The molecule has 3 saturated heterocycles. The van der Waals surface area contributed by atoms with E-state index < -0.39 is 16.4 Å². The number of sulfonamides is 1. The molecule has 1 spiro atoms. The monoisotopic (exact) mass is 492 g/mol. The summed E-state index contributed by atoms with van der Waals surface area (Å²) in [5.41, 5.74) is 1.72. The van der Waals surface area contributed by atoms with Gasteiger partial charge in [-0.15, -0.1) is 0 Å². The molecule has 34 heavy (non-hydrogen) atoms. The Morgan fingerprint density at radius 3 is 2.41 bits per heavy atom. The van der Waals surface area contributed by atoms with Crippen molar-refractivity contribution in [2.45, 2.75) is 44.2 Å². The third-order valence-electron chi connectivity index (χ3n) is 7.73. The van der Waals surface area contributed by atoms with Crippen LogP contribution in [0.3, 0.4) is 0 Å². The summed E-state index contributed by atoms with van der Waals surface area (Å²) in [6.07, 6.45) is 4.23.